The first-order valence-corrected chi connectivity index (χ1v) is 6.38. The molecule has 0 bridgehead atoms. The summed E-state index contributed by atoms with van der Waals surface area (Å²) in [4.78, 5) is 8.52. The minimum atomic E-state index is -0.0101. The quantitative estimate of drug-likeness (QED) is 0.822. The van der Waals surface area contributed by atoms with Crippen molar-refractivity contribution in [2.24, 2.45) is 0 Å². The van der Waals surface area contributed by atoms with Gasteiger partial charge in [-0.2, -0.15) is 0 Å². The lowest BCUT2D eigenvalue weighted by molar-refractivity contribution is -0.0601. The molecule has 2 rings (SSSR count). The van der Waals surface area contributed by atoms with E-state index in [4.69, 9.17) is 16.3 Å². The van der Waals surface area contributed by atoms with Crippen molar-refractivity contribution >= 4 is 17.4 Å². The van der Waals surface area contributed by atoms with Gasteiger partial charge in [-0.15, -0.1) is 0 Å². The predicted octanol–water partition coefficient (Wildman–Crippen LogP) is 2.67. The number of hydrogen-bond acceptors (Lipinski definition) is 4. The van der Waals surface area contributed by atoms with Crippen LogP contribution in [0.3, 0.4) is 0 Å². The van der Waals surface area contributed by atoms with Crippen LogP contribution in [0.4, 0.5) is 5.82 Å². The van der Waals surface area contributed by atoms with Crippen molar-refractivity contribution in [1.29, 1.82) is 0 Å². The molecule has 1 saturated carbocycles. The summed E-state index contributed by atoms with van der Waals surface area (Å²) < 4.78 is 5.54. The normalized spacial score (nSPS) is 17.6. The van der Waals surface area contributed by atoms with E-state index in [2.05, 4.69) is 15.3 Å². The fourth-order valence-corrected chi connectivity index (χ4v) is 2.19. The Labute approximate surface area is 107 Å². The Balaban J connectivity index is 2.01. The van der Waals surface area contributed by atoms with E-state index in [1.807, 2.05) is 6.92 Å². The van der Waals surface area contributed by atoms with Crippen LogP contribution in [0, 0.1) is 0 Å². The highest BCUT2D eigenvalue weighted by atomic mass is 35.5. The van der Waals surface area contributed by atoms with Gasteiger partial charge in [0.2, 0.25) is 0 Å². The first-order chi connectivity index (χ1) is 8.17. The lowest BCUT2D eigenvalue weighted by atomic mass is 9.80. The fraction of sp³-hybridized carbons (Fsp3) is 0.667. The Morgan fingerprint density at radius 1 is 1.47 bits per heavy atom. The van der Waals surface area contributed by atoms with Crippen LogP contribution in [0.15, 0.2) is 6.07 Å². The molecular formula is C12H18ClN3O. The molecule has 0 saturated heterocycles. The third-order valence-electron chi connectivity index (χ3n) is 3.35. The molecule has 1 fully saturated rings. The van der Waals surface area contributed by atoms with Crippen LogP contribution in [0.5, 0.6) is 0 Å². The minimum Gasteiger partial charge on any atom is -0.376 e. The molecule has 17 heavy (non-hydrogen) atoms. The lowest BCUT2D eigenvalue weighted by Gasteiger charge is -2.40. The van der Waals surface area contributed by atoms with Gasteiger partial charge in [0.15, 0.2) is 0 Å². The van der Waals surface area contributed by atoms with Crippen LogP contribution in [-0.2, 0) is 11.2 Å². The van der Waals surface area contributed by atoms with Crippen LogP contribution in [-0.4, -0.2) is 29.2 Å². The molecule has 0 atom stereocenters. The van der Waals surface area contributed by atoms with Crippen LogP contribution in [0.25, 0.3) is 0 Å². The van der Waals surface area contributed by atoms with Gasteiger partial charge >= 0.3 is 0 Å². The summed E-state index contributed by atoms with van der Waals surface area (Å²) in [7, 11) is 1.77. The third-order valence-corrected chi connectivity index (χ3v) is 3.54. The highest BCUT2D eigenvalue weighted by Gasteiger charge is 2.36. The Hall–Kier alpha value is -0.870. The van der Waals surface area contributed by atoms with Gasteiger partial charge in [-0.1, -0.05) is 18.5 Å². The number of hydrogen-bond donors (Lipinski definition) is 1. The van der Waals surface area contributed by atoms with E-state index in [9.17, 15) is 0 Å². The summed E-state index contributed by atoms with van der Waals surface area (Å²) in [5.74, 6) is 1.55. The number of nitrogens with one attached hydrogen (secondary N) is 1. The molecule has 0 unspecified atom stereocenters. The van der Waals surface area contributed by atoms with E-state index in [-0.39, 0.29) is 5.60 Å². The number of ether oxygens (including phenoxy) is 1. The highest BCUT2D eigenvalue weighted by Crippen LogP contribution is 2.35. The monoisotopic (exact) mass is 255 g/mol. The van der Waals surface area contributed by atoms with Gasteiger partial charge in [-0.3, -0.25) is 0 Å². The number of aryl methyl sites for hydroxylation is 1. The maximum absolute atomic E-state index is 5.94. The lowest BCUT2D eigenvalue weighted by Crippen LogP contribution is -2.45. The van der Waals surface area contributed by atoms with Gasteiger partial charge in [-0.05, 0) is 19.3 Å². The van der Waals surface area contributed by atoms with Crippen LogP contribution in [0.2, 0.25) is 5.15 Å². The van der Waals surface area contributed by atoms with Gasteiger partial charge in [0, 0.05) is 26.1 Å². The smallest absolute Gasteiger partial charge is 0.134 e. The molecule has 1 aromatic heterocycles. The molecule has 1 aliphatic rings. The maximum Gasteiger partial charge on any atom is 0.134 e. The molecule has 1 N–H and O–H groups in total. The molecule has 0 amide bonds. The van der Waals surface area contributed by atoms with Crippen molar-refractivity contribution in [2.45, 2.75) is 38.2 Å². The predicted molar refractivity (Wildman–Crippen MR) is 68.5 cm³/mol. The molecule has 0 aliphatic heterocycles. The fourth-order valence-electron chi connectivity index (χ4n) is 1.99. The van der Waals surface area contributed by atoms with Crippen LogP contribution in [0.1, 0.15) is 32.0 Å². The second kappa shape index (κ2) is 5.19. The molecule has 5 heteroatoms. The highest BCUT2D eigenvalue weighted by molar-refractivity contribution is 6.29. The summed E-state index contributed by atoms with van der Waals surface area (Å²) in [5, 5.41) is 3.78. The summed E-state index contributed by atoms with van der Waals surface area (Å²) in [6.07, 6.45) is 4.23. The molecule has 0 spiro atoms. The zero-order valence-corrected chi connectivity index (χ0v) is 11.0. The van der Waals surface area contributed by atoms with Gasteiger partial charge in [0.05, 0.1) is 5.60 Å². The van der Waals surface area contributed by atoms with Crippen molar-refractivity contribution in [3.63, 3.8) is 0 Å². The molecule has 1 aliphatic carbocycles. The standard InChI is InChI=1S/C12H18ClN3O/c1-3-10-15-9(13)7-11(16-10)14-8-12(17-2)5-4-6-12/h7H,3-6,8H2,1-2H3,(H,14,15,16). The zero-order valence-electron chi connectivity index (χ0n) is 10.3. The Morgan fingerprint density at radius 2 is 2.24 bits per heavy atom. The van der Waals surface area contributed by atoms with E-state index in [0.717, 1.165) is 37.4 Å². The molecule has 0 aromatic carbocycles. The number of halogens is 1. The zero-order chi connectivity index (χ0) is 12.3. The van der Waals surface area contributed by atoms with E-state index in [1.165, 1.54) is 6.42 Å². The maximum atomic E-state index is 5.94. The van der Waals surface area contributed by atoms with Crippen molar-refractivity contribution in [3.05, 3.63) is 17.0 Å². The number of rotatable bonds is 5. The molecular weight excluding hydrogens is 238 g/mol. The van der Waals surface area contributed by atoms with Gasteiger partial charge in [-0.25, -0.2) is 9.97 Å². The van der Waals surface area contributed by atoms with Crippen molar-refractivity contribution in [1.82, 2.24) is 9.97 Å². The second-order valence-electron chi connectivity index (χ2n) is 4.44. The summed E-state index contributed by atoms with van der Waals surface area (Å²) in [6, 6.07) is 1.75. The molecule has 1 aromatic rings. The Bertz CT molecular complexity index is 388. The van der Waals surface area contributed by atoms with Crippen molar-refractivity contribution < 1.29 is 4.74 Å². The van der Waals surface area contributed by atoms with Crippen LogP contribution >= 0.6 is 11.6 Å². The van der Waals surface area contributed by atoms with Crippen LogP contribution < -0.4 is 5.32 Å². The van der Waals surface area contributed by atoms with Crippen molar-refractivity contribution in [3.8, 4) is 0 Å². The minimum absolute atomic E-state index is 0.0101. The first-order valence-electron chi connectivity index (χ1n) is 6.00. The number of nitrogens with zero attached hydrogens (tertiary/aromatic N) is 2. The van der Waals surface area contributed by atoms with E-state index in [1.54, 1.807) is 13.2 Å². The van der Waals surface area contributed by atoms with E-state index >= 15 is 0 Å². The first kappa shape index (κ1) is 12.6. The van der Waals surface area contributed by atoms with Gasteiger partial charge in [0.1, 0.15) is 16.8 Å². The average Bonchev–Trinajstić information content (AvgIpc) is 2.27. The van der Waals surface area contributed by atoms with Gasteiger partial charge < -0.3 is 10.1 Å². The molecule has 1 heterocycles. The number of aromatic nitrogens is 2. The molecule has 0 radical (unpaired) electrons. The van der Waals surface area contributed by atoms with E-state index < -0.39 is 0 Å². The third kappa shape index (κ3) is 2.87. The Kier molecular flexibility index (Phi) is 3.84. The SMILES string of the molecule is CCc1nc(Cl)cc(NCC2(OC)CCC2)n1. The largest absolute Gasteiger partial charge is 0.376 e. The summed E-state index contributed by atoms with van der Waals surface area (Å²) in [5.41, 5.74) is -0.0101. The number of anilines is 1. The molecule has 4 nitrogen and oxygen atoms in total. The topological polar surface area (TPSA) is 47.0 Å². The van der Waals surface area contributed by atoms with Gasteiger partial charge in [0.25, 0.3) is 0 Å². The van der Waals surface area contributed by atoms with E-state index in [0.29, 0.717) is 5.15 Å². The summed E-state index contributed by atoms with van der Waals surface area (Å²) in [6.45, 7) is 2.79. The summed E-state index contributed by atoms with van der Waals surface area (Å²) >= 11 is 5.94. The molecule has 94 valence electrons. The second-order valence-corrected chi connectivity index (χ2v) is 4.83. The van der Waals surface area contributed by atoms with Crippen molar-refractivity contribution in [2.75, 3.05) is 19.0 Å². The number of methoxy groups -OCH3 is 1. The Morgan fingerprint density at radius 3 is 2.76 bits per heavy atom. The average molecular weight is 256 g/mol.